The van der Waals surface area contributed by atoms with E-state index in [4.69, 9.17) is 16.0 Å². The SMILES string of the molecule is Oc1ccc2nc(CN3CCC(n4cc(Cl)cn4)C3)oc2c1. The van der Waals surface area contributed by atoms with Crippen LogP contribution in [0.1, 0.15) is 18.4 Å². The largest absolute Gasteiger partial charge is 0.508 e. The third kappa shape index (κ3) is 2.55. The monoisotopic (exact) mass is 318 g/mol. The average molecular weight is 319 g/mol. The summed E-state index contributed by atoms with van der Waals surface area (Å²) < 4.78 is 7.62. The minimum atomic E-state index is 0.187. The first-order chi connectivity index (χ1) is 10.7. The fourth-order valence-electron chi connectivity index (χ4n) is 2.91. The number of phenols is 1. The summed E-state index contributed by atoms with van der Waals surface area (Å²) in [5.41, 5.74) is 1.38. The highest BCUT2D eigenvalue weighted by Crippen LogP contribution is 2.25. The molecule has 1 aliphatic heterocycles. The van der Waals surface area contributed by atoms with Crippen LogP contribution in [-0.4, -0.2) is 37.9 Å². The average Bonchev–Trinajstić information content (AvgIpc) is 3.18. The van der Waals surface area contributed by atoms with Gasteiger partial charge in [0.25, 0.3) is 0 Å². The maximum atomic E-state index is 9.47. The number of likely N-dealkylation sites (tertiary alicyclic amines) is 1. The maximum Gasteiger partial charge on any atom is 0.209 e. The fraction of sp³-hybridized carbons (Fsp3) is 0.333. The molecule has 6 nitrogen and oxygen atoms in total. The van der Waals surface area contributed by atoms with Crippen LogP contribution in [0, 0.1) is 0 Å². The number of hydrogen-bond donors (Lipinski definition) is 1. The lowest BCUT2D eigenvalue weighted by molar-refractivity contribution is 0.281. The highest BCUT2D eigenvalue weighted by molar-refractivity contribution is 6.30. The lowest BCUT2D eigenvalue weighted by atomic mass is 10.3. The molecular formula is C15H15ClN4O2. The number of nitrogens with zero attached hydrogens (tertiary/aromatic N) is 4. The predicted octanol–water partition coefficient (Wildman–Crippen LogP) is 2.83. The standard InChI is InChI=1S/C15H15ClN4O2/c16-10-6-17-20(7-10)11-3-4-19(8-11)9-15-18-13-2-1-12(21)5-14(13)22-15/h1-2,5-7,11,21H,3-4,8-9H2. The van der Waals surface area contributed by atoms with Gasteiger partial charge in [-0.15, -0.1) is 0 Å². The van der Waals surface area contributed by atoms with Gasteiger partial charge in [0.15, 0.2) is 5.58 Å². The number of aromatic nitrogens is 3. The Kier molecular flexibility index (Phi) is 3.28. The first-order valence-electron chi connectivity index (χ1n) is 7.18. The highest BCUT2D eigenvalue weighted by Gasteiger charge is 2.25. The highest BCUT2D eigenvalue weighted by atomic mass is 35.5. The van der Waals surface area contributed by atoms with Crippen LogP contribution < -0.4 is 0 Å². The topological polar surface area (TPSA) is 67.3 Å². The Bertz CT molecular complexity index is 813. The van der Waals surface area contributed by atoms with Crippen LogP contribution in [-0.2, 0) is 6.54 Å². The zero-order valence-corrected chi connectivity index (χ0v) is 12.6. The molecule has 3 aromatic rings. The Morgan fingerprint density at radius 1 is 1.41 bits per heavy atom. The molecule has 0 aliphatic carbocycles. The van der Waals surface area contributed by atoms with Gasteiger partial charge in [0, 0.05) is 25.4 Å². The van der Waals surface area contributed by atoms with Crippen LogP contribution in [0.3, 0.4) is 0 Å². The van der Waals surface area contributed by atoms with Crippen LogP contribution in [0.2, 0.25) is 5.02 Å². The molecule has 114 valence electrons. The van der Waals surface area contributed by atoms with Gasteiger partial charge >= 0.3 is 0 Å². The number of phenolic OH excluding ortho intramolecular Hbond substituents is 1. The Balaban J connectivity index is 1.47. The zero-order valence-electron chi connectivity index (χ0n) is 11.8. The summed E-state index contributed by atoms with van der Waals surface area (Å²) in [4.78, 5) is 6.74. The van der Waals surface area contributed by atoms with Crippen LogP contribution in [0.4, 0.5) is 0 Å². The van der Waals surface area contributed by atoms with Crippen LogP contribution in [0.15, 0.2) is 35.0 Å². The van der Waals surface area contributed by atoms with E-state index in [1.807, 2.05) is 10.9 Å². The quantitative estimate of drug-likeness (QED) is 0.804. The summed E-state index contributed by atoms with van der Waals surface area (Å²) in [6, 6.07) is 5.30. The molecule has 1 atom stereocenters. The molecule has 7 heteroatoms. The van der Waals surface area contributed by atoms with E-state index in [0.717, 1.165) is 25.0 Å². The third-order valence-corrected chi connectivity index (χ3v) is 4.16. The molecule has 0 radical (unpaired) electrons. The molecular weight excluding hydrogens is 304 g/mol. The van der Waals surface area contributed by atoms with E-state index in [1.54, 1.807) is 24.4 Å². The van der Waals surface area contributed by atoms with Crippen LogP contribution in [0.5, 0.6) is 5.75 Å². The van der Waals surface area contributed by atoms with Gasteiger partial charge in [0.2, 0.25) is 5.89 Å². The summed E-state index contributed by atoms with van der Waals surface area (Å²) in [7, 11) is 0. The number of hydrogen-bond acceptors (Lipinski definition) is 5. The molecule has 0 amide bonds. The van der Waals surface area contributed by atoms with Gasteiger partial charge in [-0.05, 0) is 18.6 Å². The Morgan fingerprint density at radius 3 is 3.14 bits per heavy atom. The van der Waals surface area contributed by atoms with Crippen molar-refractivity contribution in [2.75, 3.05) is 13.1 Å². The number of benzene rings is 1. The molecule has 0 saturated carbocycles. The predicted molar refractivity (Wildman–Crippen MR) is 81.8 cm³/mol. The first kappa shape index (κ1) is 13.6. The summed E-state index contributed by atoms with van der Waals surface area (Å²) in [6.07, 6.45) is 4.55. The van der Waals surface area contributed by atoms with E-state index >= 15 is 0 Å². The molecule has 1 aromatic carbocycles. The minimum Gasteiger partial charge on any atom is -0.508 e. The number of oxazole rings is 1. The molecule has 2 aromatic heterocycles. The smallest absolute Gasteiger partial charge is 0.209 e. The number of fused-ring (bicyclic) bond motifs is 1. The molecule has 1 unspecified atom stereocenters. The molecule has 4 rings (SSSR count). The van der Waals surface area contributed by atoms with Crippen molar-refractivity contribution in [3.8, 4) is 5.75 Å². The van der Waals surface area contributed by atoms with Crippen molar-refractivity contribution in [2.24, 2.45) is 0 Å². The Hall–Kier alpha value is -2.05. The molecule has 22 heavy (non-hydrogen) atoms. The second-order valence-electron chi connectivity index (χ2n) is 5.58. The summed E-state index contributed by atoms with van der Waals surface area (Å²) in [6.45, 7) is 2.51. The molecule has 0 bridgehead atoms. The van der Waals surface area contributed by atoms with Gasteiger partial charge in [-0.3, -0.25) is 9.58 Å². The fourth-order valence-corrected chi connectivity index (χ4v) is 3.05. The maximum absolute atomic E-state index is 9.47. The van der Waals surface area contributed by atoms with E-state index in [0.29, 0.717) is 29.1 Å². The van der Waals surface area contributed by atoms with Crippen molar-refractivity contribution in [3.63, 3.8) is 0 Å². The second kappa shape index (κ2) is 5.30. The first-order valence-corrected chi connectivity index (χ1v) is 7.55. The van der Waals surface area contributed by atoms with E-state index in [9.17, 15) is 5.11 Å². The van der Waals surface area contributed by atoms with E-state index in [1.165, 1.54) is 0 Å². The molecule has 1 N–H and O–H groups in total. The van der Waals surface area contributed by atoms with Crippen molar-refractivity contribution in [1.29, 1.82) is 0 Å². The lowest BCUT2D eigenvalue weighted by Crippen LogP contribution is -2.21. The summed E-state index contributed by atoms with van der Waals surface area (Å²) in [5.74, 6) is 0.853. The third-order valence-electron chi connectivity index (χ3n) is 3.97. The molecule has 1 aliphatic rings. The van der Waals surface area contributed by atoms with Gasteiger partial charge in [-0.1, -0.05) is 11.6 Å². The van der Waals surface area contributed by atoms with Crippen LogP contribution >= 0.6 is 11.6 Å². The van der Waals surface area contributed by atoms with E-state index in [2.05, 4.69) is 15.0 Å². The van der Waals surface area contributed by atoms with Crippen molar-refractivity contribution in [3.05, 3.63) is 41.5 Å². The van der Waals surface area contributed by atoms with Crippen molar-refractivity contribution in [1.82, 2.24) is 19.7 Å². The normalized spacial score (nSPS) is 19.2. The summed E-state index contributed by atoms with van der Waals surface area (Å²) in [5, 5.41) is 14.4. The van der Waals surface area contributed by atoms with Crippen molar-refractivity contribution < 1.29 is 9.52 Å². The van der Waals surface area contributed by atoms with Gasteiger partial charge in [0.1, 0.15) is 11.3 Å². The number of rotatable bonds is 3. The number of aromatic hydroxyl groups is 1. The summed E-state index contributed by atoms with van der Waals surface area (Å²) >= 11 is 5.92. The zero-order chi connectivity index (χ0) is 15.1. The molecule has 1 fully saturated rings. The molecule has 1 saturated heterocycles. The number of halogens is 1. The van der Waals surface area contributed by atoms with Crippen molar-refractivity contribution in [2.45, 2.75) is 19.0 Å². The molecule has 0 spiro atoms. The Labute approximate surface area is 131 Å². The minimum absolute atomic E-state index is 0.187. The van der Waals surface area contributed by atoms with E-state index in [-0.39, 0.29) is 5.75 Å². The Morgan fingerprint density at radius 2 is 2.32 bits per heavy atom. The van der Waals surface area contributed by atoms with Gasteiger partial charge < -0.3 is 9.52 Å². The van der Waals surface area contributed by atoms with Gasteiger partial charge in [-0.25, -0.2) is 4.98 Å². The van der Waals surface area contributed by atoms with Gasteiger partial charge in [-0.2, -0.15) is 5.10 Å². The van der Waals surface area contributed by atoms with E-state index < -0.39 is 0 Å². The van der Waals surface area contributed by atoms with Crippen molar-refractivity contribution >= 4 is 22.7 Å². The second-order valence-corrected chi connectivity index (χ2v) is 6.01. The lowest BCUT2D eigenvalue weighted by Gasteiger charge is -2.13. The molecule has 3 heterocycles. The van der Waals surface area contributed by atoms with Crippen LogP contribution in [0.25, 0.3) is 11.1 Å². The van der Waals surface area contributed by atoms with Gasteiger partial charge in [0.05, 0.1) is 23.8 Å².